The minimum Gasteiger partial charge on any atom is -0.321 e. The summed E-state index contributed by atoms with van der Waals surface area (Å²) in [5.74, 6) is 1.59. The molecular formula is C8H17N5. The molecule has 5 nitrogen and oxygen atoms in total. The van der Waals surface area contributed by atoms with Crippen molar-refractivity contribution >= 4 is 0 Å². The van der Waals surface area contributed by atoms with Gasteiger partial charge in [-0.05, 0) is 21.0 Å². The van der Waals surface area contributed by atoms with Gasteiger partial charge in [0.2, 0.25) is 0 Å². The molecule has 1 unspecified atom stereocenters. The van der Waals surface area contributed by atoms with Crippen LogP contribution in [-0.4, -0.2) is 40.7 Å². The molecule has 0 radical (unpaired) electrons. The standard InChI is InChI=1S/C8H17N5/c1-6(9)8-10-7(11-12-8)4-5-13(2)3/h6H,4-5,9H2,1-3H3,(H,10,11,12). The molecule has 0 fully saturated rings. The summed E-state index contributed by atoms with van der Waals surface area (Å²) in [5.41, 5.74) is 5.63. The van der Waals surface area contributed by atoms with Crippen molar-refractivity contribution < 1.29 is 0 Å². The molecule has 3 N–H and O–H groups in total. The fourth-order valence-electron chi connectivity index (χ4n) is 0.955. The van der Waals surface area contributed by atoms with Gasteiger partial charge in [0.1, 0.15) is 5.82 Å². The quantitative estimate of drug-likeness (QED) is 0.685. The van der Waals surface area contributed by atoms with Crippen LogP contribution in [0.2, 0.25) is 0 Å². The molecule has 1 aromatic rings. The van der Waals surface area contributed by atoms with Gasteiger partial charge in [0.15, 0.2) is 5.82 Å². The van der Waals surface area contributed by atoms with Crippen LogP contribution in [0.5, 0.6) is 0 Å². The summed E-state index contributed by atoms with van der Waals surface area (Å²) < 4.78 is 0. The average molecular weight is 183 g/mol. The van der Waals surface area contributed by atoms with E-state index in [4.69, 9.17) is 5.73 Å². The smallest absolute Gasteiger partial charge is 0.167 e. The van der Waals surface area contributed by atoms with Crippen LogP contribution >= 0.6 is 0 Å². The lowest BCUT2D eigenvalue weighted by Gasteiger charge is -2.06. The number of rotatable bonds is 4. The van der Waals surface area contributed by atoms with Crippen LogP contribution in [0.1, 0.15) is 24.6 Å². The molecule has 13 heavy (non-hydrogen) atoms. The summed E-state index contributed by atoms with van der Waals surface area (Å²) in [6.45, 7) is 2.84. The van der Waals surface area contributed by atoms with Gasteiger partial charge in [-0.3, -0.25) is 5.10 Å². The summed E-state index contributed by atoms with van der Waals surface area (Å²) in [7, 11) is 4.06. The first-order chi connectivity index (χ1) is 6.09. The molecule has 0 saturated heterocycles. The Balaban J connectivity index is 2.49. The SMILES string of the molecule is CC(N)c1n[nH]c(CCN(C)C)n1. The molecule has 1 aromatic heterocycles. The Morgan fingerprint density at radius 3 is 2.69 bits per heavy atom. The molecule has 0 aliphatic heterocycles. The predicted molar refractivity (Wildman–Crippen MR) is 51.2 cm³/mol. The first-order valence-electron chi connectivity index (χ1n) is 4.41. The van der Waals surface area contributed by atoms with Crippen molar-refractivity contribution in [3.05, 3.63) is 11.6 Å². The number of hydrogen-bond acceptors (Lipinski definition) is 4. The van der Waals surface area contributed by atoms with E-state index >= 15 is 0 Å². The predicted octanol–water partition coefficient (Wildman–Crippen LogP) is -0.0715. The van der Waals surface area contributed by atoms with Crippen molar-refractivity contribution in [1.29, 1.82) is 0 Å². The second-order valence-corrected chi connectivity index (χ2v) is 3.48. The molecule has 0 aromatic carbocycles. The van der Waals surface area contributed by atoms with E-state index in [1.54, 1.807) is 0 Å². The highest BCUT2D eigenvalue weighted by Crippen LogP contribution is 2.02. The average Bonchev–Trinajstić information content (AvgIpc) is 2.48. The number of nitrogens with zero attached hydrogens (tertiary/aromatic N) is 3. The van der Waals surface area contributed by atoms with Crippen molar-refractivity contribution in [1.82, 2.24) is 20.1 Å². The van der Waals surface area contributed by atoms with Gasteiger partial charge in [0, 0.05) is 13.0 Å². The highest BCUT2D eigenvalue weighted by molar-refractivity contribution is 4.94. The maximum atomic E-state index is 5.63. The van der Waals surface area contributed by atoms with E-state index in [1.165, 1.54) is 0 Å². The van der Waals surface area contributed by atoms with Crippen molar-refractivity contribution in [2.24, 2.45) is 5.73 Å². The zero-order chi connectivity index (χ0) is 9.84. The summed E-state index contributed by atoms with van der Waals surface area (Å²) >= 11 is 0. The molecule has 0 spiro atoms. The van der Waals surface area contributed by atoms with Gasteiger partial charge in [0.25, 0.3) is 0 Å². The molecule has 1 rings (SSSR count). The van der Waals surface area contributed by atoms with Crippen LogP contribution in [-0.2, 0) is 6.42 Å². The molecule has 0 amide bonds. The van der Waals surface area contributed by atoms with Gasteiger partial charge in [-0.1, -0.05) is 0 Å². The Morgan fingerprint density at radius 2 is 2.23 bits per heavy atom. The normalized spacial score (nSPS) is 13.6. The molecule has 0 aliphatic rings. The molecule has 0 aliphatic carbocycles. The van der Waals surface area contributed by atoms with Crippen molar-refractivity contribution in [3.63, 3.8) is 0 Å². The van der Waals surface area contributed by atoms with E-state index in [1.807, 2.05) is 21.0 Å². The zero-order valence-corrected chi connectivity index (χ0v) is 8.41. The van der Waals surface area contributed by atoms with Crippen LogP contribution < -0.4 is 5.73 Å². The molecule has 1 atom stereocenters. The molecule has 5 heteroatoms. The fraction of sp³-hybridized carbons (Fsp3) is 0.750. The third kappa shape index (κ3) is 3.12. The number of aromatic nitrogens is 3. The van der Waals surface area contributed by atoms with Crippen LogP contribution in [0.4, 0.5) is 0 Å². The van der Waals surface area contributed by atoms with Gasteiger partial charge in [0.05, 0.1) is 6.04 Å². The van der Waals surface area contributed by atoms with Gasteiger partial charge in [-0.2, -0.15) is 5.10 Å². The van der Waals surface area contributed by atoms with Gasteiger partial charge >= 0.3 is 0 Å². The van der Waals surface area contributed by atoms with E-state index in [0.717, 1.165) is 18.8 Å². The maximum Gasteiger partial charge on any atom is 0.167 e. The second-order valence-electron chi connectivity index (χ2n) is 3.48. The van der Waals surface area contributed by atoms with E-state index < -0.39 is 0 Å². The third-order valence-electron chi connectivity index (χ3n) is 1.75. The number of hydrogen-bond donors (Lipinski definition) is 2. The Bertz CT molecular complexity index is 253. The van der Waals surface area contributed by atoms with Gasteiger partial charge < -0.3 is 10.6 Å². The molecule has 0 bridgehead atoms. The van der Waals surface area contributed by atoms with Crippen LogP contribution in [0.15, 0.2) is 0 Å². The third-order valence-corrected chi connectivity index (χ3v) is 1.75. The summed E-state index contributed by atoms with van der Waals surface area (Å²) in [6.07, 6.45) is 0.882. The lowest BCUT2D eigenvalue weighted by molar-refractivity contribution is 0.409. The monoisotopic (exact) mass is 183 g/mol. The first kappa shape index (κ1) is 10.1. The molecular weight excluding hydrogens is 166 g/mol. The topological polar surface area (TPSA) is 70.8 Å². The number of H-pyrrole nitrogens is 1. The molecule has 74 valence electrons. The van der Waals surface area contributed by atoms with Crippen molar-refractivity contribution in [3.8, 4) is 0 Å². The number of aromatic amines is 1. The Kier molecular flexibility index (Phi) is 3.39. The minimum atomic E-state index is -0.0932. The fourth-order valence-corrected chi connectivity index (χ4v) is 0.955. The van der Waals surface area contributed by atoms with Gasteiger partial charge in [-0.15, -0.1) is 0 Å². The molecule has 1 heterocycles. The highest BCUT2D eigenvalue weighted by atomic mass is 15.2. The molecule has 0 saturated carbocycles. The van der Waals surface area contributed by atoms with E-state index in [0.29, 0.717) is 5.82 Å². The Hall–Kier alpha value is -0.940. The lowest BCUT2D eigenvalue weighted by atomic mass is 10.3. The summed E-state index contributed by atoms with van der Waals surface area (Å²) in [4.78, 5) is 6.37. The second kappa shape index (κ2) is 4.34. The summed E-state index contributed by atoms with van der Waals surface area (Å²) in [5, 5.41) is 6.89. The largest absolute Gasteiger partial charge is 0.321 e. The maximum absolute atomic E-state index is 5.63. The number of nitrogens with two attached hydrogens (primary N) is 1. The Labute approximate surface area is 78.3 Å². The van der Waals surface area contributed by atoms with Crippen LogP contribution in [0.25, 0.3) is 0 Å². The van der Waals surface area contributed by atoms with Crippen LogP contribution in [0, 0.1) is 0 Å². The Morgan fingerprint density at radius 1 is 1.54 bits per heavy atom. The van der Waals surface area contributed by atoms with Crippen molar-refractivity contribution in [2.45, 2.75) is 19.4 Å². The number of nitrogens with one attached hydrogen (secondary N) is 1. The summed E-state index contributed by atoms with van der Waals surface area (Å²) in [6, 6.07) is -0.0932. The van der Waals surface area contributed by atoms with Gasteiger partial charge in [-0.25, -0.2) is 4.98 Å². The highest BCUT2D eigenvalue weighted by Gasteiger charge is 2.06. The van der Waals surface area contributed by atoms with E-state index in [2.05, 4.69) is 20.1 Å². The minimum absolute atomic E-state index is 0.0932. The number of likely N-dealkylation sites (N-methyl/N-ethyl adjacent to an activating group) is 1. The lowest BCUT2D eigenvalue weighted by Crippen LogP contribution is -2.15. The zero-order valence-electron chi connectivity index (χ0n) is 8.41. The van der Waals surface area contributed by atoms with E-state index in [9.17, 15) is 0 Å². The van der Waals surface area contributed by atoms with Crippen molar-refractivity contribution in [2.75, 3.05) is 20.6 Å². The van der Waals surface area contributed by atoms with Crippen LogP contribution in [0.3, 0.4) is 0 Å². The first-order valence-corrected chi connectivity index (χ1v) is 4.41. The van der Waals surface area contributed by atoms with E-state index in [-0.39, 0.29) is 6.04 Å².